The molecule has 0 aliphatic carbocycles. The molecular formula is C17H26O6. The molecule has 6 nitrogen and oxygen atoms in total. The van der Waals surface area contributed by atoms with Gasteiger partial charge >= 0.3 is 6.16 Å². The molecule has 0 unspecified atom stereocenters. The van der Waals surface area contributed by atoms with Crippen molar-refractivity contribution in [2.45, 2.75) is 52.4 Å². The second-order valence-electron chi connectivity index (χ2n) is 7.36. The van der Waals surface area contributed by atoms with E-state index >= 15 is 0 Å². The molecule has 0 aliphatic rings. The molecule has 0 aliphatic heterocycles. The number of aromatic hydroxyl groups is 1. The zero-order valence-electron chi connectivity index (χ0n) is 15.0. The second kappa shape index (κ2) is 6.18. The standard InChI is InChI=1S/C17H26O6/c1-16(2,3)9-11(18)12(23-15(19)20)10(17(4,5)6)14(22-8)13(9)21-7/h18H,1-8H3,(H,19,20). The van der Waals surface area contributed by atoms with Crippen molar-refractivity contribution in [1.82, 2.24) is 0 Å². The lowest BCUT2D eigenvalue weighted by molar-refractivity contribution is 0.141. The summed E-state index contributed by atoms with van der Waals surface area (Å²) >= 11 is 0. The Balaban J connectivity index is 4.04. The monoisotopic (exact) mass is 326 g/mol. The number of methoxy groups -OCH3 is 2. The van der Waals surface area contributed by atoms with Crippen molar-refractivity contribution in [1.29, 1.82) is 0 Å². The second-order valence-corrected chi connectivity index (χ2v) is 7.36. The van der Waals surface area contributed by atoms with E-state index in [4.69, 9.17) is 19.3 Å². The lowest BCUT2D eigenvalue weighted by atomic mass is 9.79. The predicted octanol–water partition coefficient (Wildman–Crippen LogP) is 4.06. The van der Waals surface area contributed by atoms with Crippen molar-refractivity contribution < 1.29 is 29.2 Å². The lowest BCUT2D eigenvalue weighted by Gasteiger charge is -2.31. The molecule has 0 atom stereocenters. The van der Waals surface area contributed by atoms with Gasteiger partial charge in [0.1, 0.15) is 0 Å². The van der Waals surface area contributed by atoms with Gasteiger partial charge in [0.2, 0.25) is 0 Å². The zero-order chi connectivity index (χ0) is 18.2. The molecule has 0 saturated carbocycles. The summed E-state index contributed by atoms with van der Waals surface area (Å²) in [5, 5.41) is 19.8. The number of carbonyl (C=O) groups is 1. The summed E-state index contributed by atoms with van der Waals surface area (Å²) < 4.78 is 15.9. The first kappa shape index (κ1) is 18.9. The highest BCUT2D eigenvalue weighted by Crippen LogP contribution is 2.55. The van der Waals surface area contributed by atoms with Crippen molar-refractivity contribution in [3.05, 3.63) is 11.1 Å². The van der Waals surface area contributed by atoms with Crippen LogP contribution >= 0.6 is 0 Å². The van der Waals surface area contributed by atoms with Gasteiger partial charge in [-0.3, -0.25) is 0 Å². The molecule has 0 fully saturated rings. The average Bonchev–Trinajstić information content (AvgIpc) is 2.36. The Morgan fingerprint density at radius 3 is 1.52 bits per heavy atom. The number of phenolic OH excluding ortho intramolecular Hbond substituents is 1. The SMILES string of the molecule is COc1c(OC)c(C(C)(C)C)c(OC(=O)O)c(O)c1C(C)(C)C. The fourth-order valence-electron chi connectivity index (χ4n) is 2.62. The van der Waals surface area contributed by atoms with Gasteiger partial charge in [-0.25, -0.2) is 4.79 Å². The van der Waals surface area contributed by atoms with Crippen molar-refractivity contribution in [3.63, 3.8) is 0 Å². The van der Waals surface area contributed by atoms with E-state index in [9.17, 15) is 9.90 Å². The van der Waals surface area contributed by atoms with E-state index in [1.807, 2.05) is 41.5 Å². The van der Waals surface area contributed by atoms with Gasteiger partial charge in [-0.2, -0.15) is 0 Å². The number of benzene rings is 1. The van der Waals surface area contributed by atoms with E-state index in [2.05, 4.69) is 0 Å². The van der Waals surface area contributed by atoms with Crippen LogP contribution in [0.1, 0.15) is 52.7 Å². The van der Waals surface area contributed by atoms with E-state index in [1.165, 1.54) is 14.2 Å². The third kappa shape index (κ3) is 3.63. The fraction of sp³-hybridized carbons (Fsp3) is 0.588. The number of ether oxygens (including phenoxy) is 3. The van der Waals surface area contributed by atoms with E-state index < -0.39 is 17.0 Å². The topological polar surface area (TPSA) is 85.2 Å². The first-order valence-electron chi connectivity index (χ1n) is 7.28. The highest BCUT2D eigenvalue weighted by molar-refractivity contribution is 5.73. The van der Waals surface area contributed by atoms with Crippen molar-refractivity contribution in [2.75, 3.05) is 14.2 Å². The molecule has 130 valence electrons. The highest BCUT2D eigenvalue weighted by Gasteiger charge is 2.37. The van der Waals surface area contributed by atoms with Crippen molar-refractivity contribution in [2.24, 2.45) is 0 Å². The number of phenols is 1. The molecule has 1 aromatic rings. The van der Waals surface area contributed by atoms with Gasteiger partial charge in [0, 0.05) is 5.56 Å². The Labute approximate surface area is 137 Å². The summed E-state index contributed by atoms with van der Waals surface area (Å²) in [5.41, 5.74) is -0.196. The van der Waals surface area contributed by atoms with Crippen LogP contribution in [0, 0.1) is 0 Å². The van der Waals surface area contributed by atoms with Crippen molar-refractivity contribution >= 4 is 6.16 Å². The van der Waals surface area contributed by atoms with Crippen LogP contribution in [0.25, 0.3) is 0 Å². The number of rotatable bonds is 3. The third-order valence-electron chi connectivity index (χ3n) is 3.44. The minimum absolute atomic E-state index is 0.118. The highest BCUT2D eigenvalue weighted by atomic mass is 16.7. The summed E-state index contributed by atoms with van der Waals surface area (Å²) in [4.78, 5) is 11.1. The molecule has 23 heavy (non-hydrogen) atoms. The van der Waals surface area contributed by atoms with Gasteiger partial charge in [-0.05, 0) is 10.8 Å². The van der Waals surface area contributed by atoms with Crippen LogP contribution in [0.4, 0.5) is 4.79 Å². The van der Waals surface area contributed by atoms with Crippen molar-refractivity contribution in [3.8, 4) is 23.0 Å². The summed E-state index contributed by atoms with van der Waals surface area (Å²) in [6, 6.07) is 0. The van der Waals surface area contributed by atoms with Crippen LogP contribution < -0.4 is 14.2 Å². The molecule has 6 heteroatoms. The lowest BCUT2D eigenvalue weighted by Crippen LogP contribution is -2.21. The number of carboxylic acid groups (broad SMARTS) is 1. The number of hydrogen-bond donors (Lipinski definition) is 2. The maximum absolute atomic E-state index is 11.1. The summed E-state index contributed by atoms with van der Waals surface area (Å²) in [5.74, 6) is 0.370. The molecule has 1 aromatic carbocycles. The molecule has 0 bridgehead atoms. The smallest absolute Gasteiger partial charge is 0.504 e. The molecule has 0 saturated heterocycles. The predicted molar refractivity (Wildman–Crippen MR) is 87.3 cm³/mol. The van der Waals surface area contributed by atoms with Crippen LogP contribution in [-0.2, 0) is 10.8 Å². The number of hydrogen-bond acceptors (Lipinski definition) is 5. The van der Waals surface area contributed by atoms with Gasteiger partial charge < -0.3 is 24.4 Å². The van der Waals surface area contributed by atoms with Gasteiger partial charge in [-0.1, -0.05) is 41.5 Å². The maximum Gasteiger partial charge on any atom is 0.511 e. The minimum atomic E-state index is -1.50. The Hall–Kier alpha value is -2.11. The molecule has 0 amide bonds. The molecular weight excluding hydrogens is 300 g/mol. The Bertz CT molecular complexity index is 605. The first-order chi connectivity index (χ1) is 10.4. The third-order valence-corrected chi connectivity index (χ3v) is 3.44. The van der Waals surface area contributed by atoms with Gasteiger partial charge in [0.25, 0.3) is 0 Å². The molecule has 0 aromatic heterocycles. The Kier molecular flexibility index (Phi) is 5.09. The van der Waals surface area contributed by atoms with Crippen LogP contribution in [0.15, 0.2) is 0 Å². The Morgan fingerprint density at radius 2 is 1.22 bits per heavy atom. The quantitative estimate of drug-likeness (QED) is 0.643. The molecule has 2 N–H and O–H groups in total. The van der Waals surface area contributed by atoms with Crippen LogP contribution in [0.5, 0.6) is 23.0 Å². The zero-order valence-corrected chi connectivity index (χ0v) is 15.0. The van der Waals surface area contributed by atoms with Gasteiger partial charge in [0.15, 0.2) is 23.0 Å². The molecule has 0 radical (unpaired) electrons. The largest absolute Gasteiger partial charge is 0.511 e. The van der Waals surface area contributed by atoms with E-state index in [1.54, 1.807) is 0 Å². The molecule has 1 rings (SSSR count). The average molecular weight is 326 g/mol. The Morgan fingerprint density at radius 1 is 0.826 bits per heavy atom. The summed E-state index contributed by atoms with van der Waals surface area (Å²) in [6.45, 7) is 11.3. The van der Waals surface area contributed by atoms with E-state index in [0.717, 1.165) is 0 Å². The first-order valence-corrected chi connectivity index (χ1v) is 7.28. The summed E-state index contributed by atoms with van der Waals surface area (Å²) in [7, 11) is 2.96. The van der Waals surface area contributed by atoms with E-state index in [-0.39, 0.29) is 11.5 Å². The maximum atomic E-state index is 11.1. The van der Waals surface area contributed by atoms with E-state index in [0.29, 0.717) is 22.6 Å². The normalized spacial score (nSPS) is 12.0. The van der Waals surface area contributed by atoms with Crippen LogP contribution in [-0.4, -0.2) is 30.6 Å². The minimum Gasteiger partial charge on any atom is -0.504 e. The molecule has 0 heterocycles. The summed E-state index contributed by atoms with van der Waals surface area (Å²) in [6.07, 6.45) is -1.50. The van der Waals surface area contributed by atoms with Gasteiger partial charge in [-0.15, -0.1) is 0 Å². The van der Waals surface area contributed by atoms with Gasteiger partial charge in [0.05, 0.1) is 19.8 Å². The van der Waals surface area contributed by atoms with Crippen LogP contribution in [0.3, 0.4) is 0 Å². The van der Waals surface area contributed by atoms with Crippen LogP contribution in [0.2, 0.25) is 0 Å². The molecule has 0 spiro atoms. The fourth-order valence-corrected chi connectivity index (χ4v) is 2.62.